The monoisotopic (exact) mass is 277 g/mol. The highest BCUT2D eigenvalue weighted by Crippen LogP contribution is 2.21. The lowest BCUT2D eigenvalue weighted by Crippen LogP contribution is -2.40. The Labute approximate surface area is 120 Å². The average Bonchev–Trinajstić information content (AvgIpc) is 2.46. The number of piperidine rings is 1. The van der Waals surface area contributed by atoms with Crippen molar-refractivity contribution in [1.29, 1.82) is 0 Å². The molecule has 110 valence electrons. The van der Waals surface area contributed by atoms with Crippen LogP contribution < -0.4 is 5.32 Å². The number of carbonyl (C=O) groups excluding carboxylic acids is 1. The zero-order valence-corrected chi connectivity index (χ0v) is 12.2. The number of rotatable bonds is 4. The number of carbonyl (C=O) groups is 1. The second kappa shape index (κ2) is 6.70. The van der Waals surface area contributed by atoms with Gasteiger partial charge < -0.3 is 15.3 Å². The fourth-order valence-corrected chi connectivity index (χ4v) is 2.77. The Hall–Kier alpha value is -1.62. The number of aryl methyl sites for hydroxylation is 1. The van der Waals surface area contributed by atoms with Crippen LogP contribution in [0.3, 0.4) is 0 Å². The van der Waals surface area contributed by atoms with Crippen LogP contribution in [-0.4, -0.2) is 47.6 Å². The Kier molecular flexibility index (Phi) is 4.95. The molecule has 2 N–H and O–H groups in total. The molecule has 0 bridgehead atoms. The summed E-state index contributed by atoms with van der Waals surface area (Å²) < 4.78 is 0. The van der Waals surface area contributed by atoms with Crippen molar-refractivity contribution in [2.75, 3.05) is 32.1 Å². The van der Waals surface area contributed by atoms with Crippen molar-refractivity contribution in [3.05, 3.63) is 23.4 Å². The number of aliphatic hydroxyl groups excluding tert-OH is 1. The first-order valence-corrected chi connectivity index (χ1v) is 7.20. The summed E-state index contributed by atoms with van der Waals surface area (Å²) in [5.74, 6) is 1.20. The lowest BCUT2D eigenvalue weighted by atomic mass is 9.94. The Morgan fingerprint density at radius 3 is 3.05 bits per heavy atom. The van der Waals surface area contributed by atoms with Gasteiger partial charge in [0.2, 0.25) is 0 Å². The summed E-state index contributed by atoms with van der Waals surface area (Å²) in [6.07, 6.45) is 2.89. The largest absolute Gasteiger partial charge is 0.396 e. The summed E-state index contributed by atoms with van der Waals surface area (Å²) in [4.78, 5) is 18.8. The van der Waals surface area contributed by atoms with E-state index in [-0.39, 0.29) is 12.5 Å². The van der Waals surface area contributed by atoms with E-state index < -0.39 is 0 Å². The van der Waals surface area contributed by atoms with E-state index in [4.69, 9.17) is 5.11 Å². The van der Waals surface area contributed by atoms with Gasteiger partial charge in [-0.2, -0.15) is 0 Å². The fourth-order valence-electron chi connectivity index (χ4n) is 2.77. The third-order valence-electron chi connectivity index (χ3n) is 3.80. The highest BCUT2D eigenvalue weighted by atomic mass is 16.3. The molecule has 0 radical (unpaired) electrons. The molecule has 2 rings (SSSR count). The van der Waals surface area contributed by atoms with Crippen LogP contribution in [0.5, 0.6) is 0 Å². The number of hydrogen-bond acceptors (Lipinski definition) is 4. The van der Waals surface area contributed by atoms with Gasteiger partial charge in [-0.15, -0.1) is 0 Å². The van der Waals surface area contributed by atoms with Crippen molar-refractivity contribution in [2.24, 2.45) is 5.92 Å². The van der Waals surface area contributed by atoms with E-state index >= 15 is 0 Å². The van der Waals surface area contributed by atoms with Crippen molar-refractivity contribution in [3.63, 3.8) is 0 Å². The van der Waals surface area contributed by atoms with Crippen LogP contribution in [0, 0.1) is 12.8 Å². The minimum atomic E-state index is 0.0645. The Balaban J connectivity index is 2.12. The molecule has 1 aromatic rings. The molecule has 1 atom stereocenters. The summed E-state index contributed by atoms with van der Waals surface area (Å²) in [6, 6.07) is 3.63. The summed E-state index contributed by atoms with van der Waals surface area (Å²) in [5.41, 5.74) is 1.52. The van der Waals surface area contributed by atoms with Gasteiger partial charge in [0.1, 0.15) is 5.82 Å². The zero-order chi connectivity index (χ0) is 14.5. The van der Waals surface area contributed by atoms with Crippen LogP contribution in [-0.2, 0) is 0 Å². The van der Waals surface area contributed by atoms with E-state index in [1.165, 1.54) is 0 Å². The number of amides is 1. The molecule has 0 aliphatic carbocycles. The number of nitrogens with zero attached hydrogens (tertiary/aromatic N) is 2. The molecule has 0 aromatic carbocycles. The lowest BCUT2D eigenvalue weighted by molar-refractivity contribution is 0.0653. The van der Waals surface area contributed by atoms with E-state index in [9.17, 15) is 4.79 Å². The lowest BCUT2D eigenvalue weighted by Gasteiger charge is -2.32. The van der Waals surface area contributed by atoms with Gasteiger partial charge in [-0.3, -0.25) is 4.79 Å². The quantitative estimate of drug-likeness (QED) is 0.878. The van der Waals surface area contributed by atoms with Gasteiger partial charge in [0, 0.05) is 38.0 Å². The Morgan fingerprint density at radius 2 is 2.35 bits per heavy atom. The van der Waals surface area contributed by atoms with Gasteiger partial charge in [-0.05, 0) is 44.2 Å². The van der Waals surface area contributed by atoms with Crippen LogP contribution in [0.4, 0.5) is 5.82 Å². The first-order chi connectivity index (χ1) is 9.63. The third-order valence-corrected chi connectivity index (χ3v) is 3.80. The third kappa shape index (κ3) is 3.48. The maximum Gasteiger partial charge on any atom is 0.254 e. The van der Waals surface area contributed by atoms with Gasteiger partial charge in [0.25, 0.3) is 5.91 Å². The molecule has 1 unspecified atom stereocenters. The van der Waals surface area contributed by atoms with Crippen LogP contribution >= 0.6 is 0 Å². The summed E-state index contributed by atoms with van der Waals surface area (Å²) in [5, 5.41) is 12.0. The molecule has 20 heavy (non-hydrogen) atoms. The standard InChI is InChI=1S/C15H23N3O2/c1-11-8-13(9-14(16-2)17-11)15(20)18-6-3-4-12(10-18)5-7-19/h8-9,12,19H,3-7,10H2,1-2H3,(H,16,17). The van der Waals surface area contributed by atoms with Crippen LogP contribution in [0.15, 0.2) is 12.1 Å². The molecule has 5 nitrogen and oxygen atoms in total. The predicted octanol–water partition coefficient (Wildman–Crippen LogP) is 1.67. The second-order valence-corrected chi connectivity index (χ2v) is 5.40. The van der Waals surface area contributed by atoms with Crippen LogP contribution in [0.2, 0.25) is 0 Å². The smallest absolute Gasteiger partial charge is 0.254 e. The number of anilines is 1. The summed E-state index contributed by atoms with van der Waals surface area (Å²) >= 11 is 0. The SMILES string of the molecule is CNc1cc(C(=O)N2CCCC(CCO)C2)cc(C)n1. The normalized spacial score (nSPS) is 18.9. The molecular weight excluding hydrogens is 254 g/mol. The Bertz CT molecular complexity index is 474. The highest BCUT2D eigenvalue weighted by molar-refractivity contribution is 5.95. The fraction of sp³-hybridized carbons (Fsp3) is 0.600. The maximum absolute atomic E-state index is 12.6. The van der Waals surface area contributed by atoms with Gasteiger partial charge >= 0.3 is 0 Å². The minimum Gasteiger partial charge on any atom is -0.396 e. The highest BCUT2D eigenvalue weighted by Gasteiger charge is 2.24. The number of aliphatic hydroxyl groups is 1. The first kappa shape index (κ1) is 14.8. The van der Waals surface area contributed by atoms with Crippen LogP contribution in [0.25, 0.3) is 0 Å². The predicted molar refractivity (Wildman–Crippen MR) is 78.9 cm³/mol. The molecule has 1 aliphatic heterocycles. The molecular formula is C15H23N3O2. The Morgan fingerprint density at radius 1 is 1.55 bits per heavy atom. The van der Waals surface area contributed by atoms with E-state index in [0.717, 1.165) is 43.9 Å². The first-order valence-electron chi connectivity index (χ1n) is 7.20. The molecule has 1 saturated heterocycles. The van der Waals surface area contributed by atoms with E-state index in [1.54, 1.807) is 13.1 Å². The number of nitrogens with one attached hydrogen (secondary N) is 1. The molecule has 1 aliphatic rings. The average molecular weight is 277 g/mol. The molecule has 2 heterocycles. The van der Waals surface area contributed by atoms with E-state index in [0.29, 0.717) is 11.5 Å². The van der Waals surface area contributed by atoms with E-state index in [2.05, 4.69) is 10.3 Å². The summed E-state index contributed by atoms with van der Waals surface area (Å²) in [7, 11) is 1.80. The zero-order valence-electron chi connectivity index (χ0n) is 12.2. The number of aromatic nitrogens is 1. The van der Waals surface area contributed by atoms with Crippen molar-refractivity contribution in [3.8, 4) is 0 Å². The molecule has 5 heteroatoms. The van der Waals surface area contributed by atoms with E-state index in [1.807, 2.05) is 17.9 Å². The van der Waals surface area contributed by atoms with Crippen molar-refractivity contribution >= 4 is 11.7 Å². The summed E-state index contributed by atoms with van der Waals surface area (Å²) in [6.45, 7) is 3.64. The number of pyridine rings is 1. The maximum atomic E-state index is 12.6. The minimum absolute atomic E-state index is 0.0645. The second-order valence-electron chi connectivity index (χ2n) is 5.40. The molecule has 0 saturated carbocycles. The van der Waals surface area contributed by atoms with Crippen LogP contribution in [0.1, 0.15) is 35.3 Å². The van der Waals surface area contributed by atoms with Gasteiger partial charge in [-0.25, -0.2) is 4.98 Å². The molecule has 1 aromatic heterocycles. The van der Waals surface area contributed by atoms with Gasteiger partial charge in [-0.1, -0.05) is 0 Å². The van der Waals surface area contributed by atoms with Crippen molar-refractivity contribution < 1.29 is 9.90 Å². The van der Waals surface area contributed by atoms with Gasteiger partial charge in [0.05, 0.1) is 0 Å². The number of likely N-dealkylation sites (tertiary alicyclic amines) is 1. The van der Waals surface area contributed by atoms with Crippen molar-refractivity contribution in [2.45, 2.75) is 26.2 Å². The number of hydrogen-bond donors (Lipinski definition) is 2. The molecule has 0 spiro atoms. The van der Waals surface area contributed by atoms with Gasteiger partial charge in [0.15, 0.2) is 0 Å². The molecule has 1 amide bonds. The topological polar surface area (TPSA) is 65.5 Å². The van der Waals surface area contributed by atoms with Crippen molar-refractivity contribution in [1.82, 2.24) is 9.88 Å². The molecule has 1 fully saturated rings.